The maximum atomic E-state index is 12.3. The first-order chi connectivity index (χ1) is 12.3. The van der Waals surface area contributed by atoms with E-state index in [1.165, 1.54) is 12.1 Å². The Balaban J connectivity index is 1.76. The van der Waals surface area contributed by atoms with Gasteiger partial charge in [-0.25, -0.2) is 0 Å². The van der Waals surface area contributed by atoms with Gasteiger partial charge in [-0.3, -0.25) is 4.79 Å². The summed E-state index contributed by atoms with van der Waals surface area (Å²) in [6, 6.07) is 13.8. The van der Waals surface area contributed by atoms with Gasteiger partial charge < -0.3 is 15.8 Å². The highest BCUT2D eigenvalue weighted by Gasteiger charge is 2.31. The smallest absolute Gasteiger partial charge is 0.406 e. The molecule has 0 aliphatic heterocycles. The first kappa shape index (κ1) is 17.8. The molecule has 2 aromatic carbocycles. The van der Waals surface area contributed by atoms with Crippen molar-refractivity contribution in [2.45, 2.75) is 6.36 Å². The first-order valence-electron chi connectivity index (χ1n) is 7.42. The number of halogens is 3. The summed E-state index contributed by atoms with van der Waals surface area (Å²) in [6.45, 7) is 0. The number of nitrogens with two attached hydrogens (primary N) is 1. The number of nitrogens with one attached hydrogen (secondary N) is 1. The topological polar surface area (TPSA) is 64.3 Å². The Hall–Kier alpha value is -3.00. The van der Waals surface area contributed by atoms with Crippen LogP contribution in [0.1, 0.15) is 10.4 Å². The zero-order valence-corrected chi connectivity index (χ0v) is 14.0. The van der Waals surface area contributed by atoms with E-state index in [0.29, 0.717) is 11.4 Å². The van der Waals surface area contributed by atoms with Gasteiger partial charge in [-0.2, -0.15) is 0 Å². The number of hydrogen-bond acceptors (Lipinski definition) is 4. The quantitative estimate of drug-likeness (QED) is 0.617. The van der Waals surface area contributed by atoms with Crippen LogP contribution < -0.4 is 15.8 Å². The van der Waals surface area contributed by atoms with Gasteiger partial charge >= 0.3 is 6.36 Å². The fraction of sp³-hybridized carbons (Fsp3) is 0.0556. The van der Waals surface area contributed by atoms with Gasteiger partial charge in [0, 0.05) is 10.4 Å². The molecule has 0 unspecified atom stereocenters. The molecular formula is C18H13F3N2O2S. The third-order valence-corrected chi connectivity index (χ3v) is 4.38. The van der Waals surface area contributed by atoms with Crippen LogP contribution in [0.4, 0.5) is 24.5 Å². The Morgan fingerprint density at radius 3 is 2.42 bits per heavy atom. The van der Waals surface area contributed by atoms with E-state index in [1.807, 2.05) is 23.6 Å². The van der Waals surface area contributed by atoms with Crippen LogP contribution in [0.15, 0.2) is 60.0 Å². The average Bonchev–Trinajstić information content (AvgIpc) is 3.10. The summed E-state index contributed by atoms with van der Waals surface area (Å²) in [6.07, 6.45) is -4.78. The fourth-order valence-corrected chi connectivity index (χ4v) is 2.99. The highest BCUT2D eigenvalue weighted by Crippen LogP contribution is 2.30. The third kappa shape index (κ3) is 4.34. The number of rotatable bonds is 4. The molecule has 134 valence electrons. The van der Waals surface area contributed by atoms with E-state index in [0.717, 1.165) is 22.6 Å². The molecule has 26 heavy (non-hydrogen) atoms. The molecule has 1 amide bonds. The van der Waals surface area contributed by atoms with E-state index in [9.17, 15) is 18.0 Å². The molecule has 4 nitrogen and oxygen atoms in total. The average molecular weight is 378 g/mol. The van der Waals surface area contributed by atoms with E-state index in [1.54, 1.807) is 23.5 Å². The van der Waals surface area contributed by atoms with Crippen LogP contribution in [-0.4, -0.2) is 12.3 Å². The molecule has 0 atom stereocenters. The molecule has 8 heteroatoms. The van der Waals surface area contributed by atoms with Crippen molar-refractivity contribution in [3.8, 4) is 16.2 Å². The zero-order chi connectivity index (χ0) is 18.7. The lowest BCUT2D eigenvalue weighted by molar-refractivity contribution is -0.274. The Kier molecular flexibility index (Phi) is 4.85. The van der Waals surface area contributed by atoms with Gasteiger partial charge in [0.15, 0.2) is 0 Å². The molecule has 0 spiro atoms. The zero-order valence-electron chi connectivity index (χ0n) is 13.2. The molecule has 0 saturated heterocycles. The molecule has 0 fully saturated rings. The number of benzene rings is 2. The van der Waals surface area contributed by atoms with Crippen LogP contribution in [0.2, 0.25) is 0 Å². The second-order valence-electron chi connectivity index (χ2n) is 5.31. The summed E-state index contributed by atoms with van der Waals surface area (Å²) in [5, 5.41) is 4.61. The molecule has 0 radical (unpaired) electrons. The molecule has 0 saturated carbocycles. The van der Waals surface area contributed by atoms with Crippen LogP contribution in [0.5, 0.6) is 5.75 Å². The number of thiophene rings is 1. The molecule has 1 aromatic heterocycles. The number of alkyl halides is 3. The van der Waals surface area contributed by atoms with Crippen LogP contribution in [-0.2, 0) is 0 Å². The number of carbonyl (C=O) groups is 1. The third-order valence-electron chi connectivity index (χ3n) is 3.46. The lowest BCUT2D eigenvalue weighted by Crippen LogP contribution is -2.17. The minimum absolute atomic E-state index is 0.181. The Bertz CT molecular complexity index is 907. The maximum absolute atomic E-state index is 12.3. The lowest BCUT2D eigenvalue weighted by atomic mass is 10.1. The van der Waals surface area contributed by atoms with Gasteiger partial charge in [0.2, 0.25) is 0 Å². The van der Waals surface area contributed by atoms with Crippen molar-refractivity contribution >= 4 is 28.6 Å². The fourth-order valence-electron chi connectivity index (χ4n) is 2.26. The summed E-state index contributed by atoms with van der Waals surface area (Å²) in [7, 11) is 0. The van der Waals surface area contributed by atoms with Crippen LogP contribution >= 0.6 is 11.3 Å². The van der Waals surface area contributed by atoms with Crippen molar-refractivity contribution in [2.75, 3.05) is 11.1 Å². The van der Waals surface area contributed by atoms with Crippen molar-refractivity contribution in [3.05, 3.63) is 65.5 Å². The predicted molar refractivity (Wildman–Crippen MR) is 95.2 cm³/mol. The number of ether oxygens (including phenoxy) is 1. The molecule has 3 N–H and O–H groups in total. The monoisotopic (exact) mass is 378 g/mol. The molecule has 0 bridgehead atoms. The predicted octanol–water partition coefficient (Wildman–Crippen LogP) is 5.15. The molecular weight excluding hydrogens is 365 g/mol. The molecule has 3 rings (SSSR count). The van der Waals surface area contributed by atoms with E-state index in [4.69, 9.17) is 5.73 Å². The Labute approximate surface area is 151 Å². The van der Waals surface area contributed by atoms with E-state index in [2.05, 4.69) is 10.1 Å². The largest absolute Gasteiger partial charge is 0.573 e. The van der Waals surface area contributed by atoms with Gasteiger partial charge in [0.25, 0.3) is 5.91 Å². The first-order valence-corrected chi connectivity index (χ1v) is 8.30. The minimum atomic E-state index is -4.78. The SMILES string of the molecule is Nc1ccc(-c2cccs2)cc1NC(=O)c1ccc(OC(F)(F)F)cc1. The van der Waals surface area contributed by atoms with Crippen molar-refractivity contribution in [2.24, 2.45) is 0 Å². The van der Waals surface area contributed by atoms with Crippen LogP contribution in [0.3, 0.4) is 0 Å². The number of amides is 1. The van der Waals surface area contributed by atoms with Gasteiger partial charge in [0.05, 0.1) is 11.4 Å². The van der Waals surface area contributed by atoms with Crippen LogP contribution in [0, 0.1) is 0 Å². The second-order valence-corrected chi connectivity index (χ2v) is 6.25. The summed E-state index contributed by atoms with van der Waals surface area (Å²) >= 11 is 1.55. The number of nitrogen functional groups attached to an aromatic ring is 1. The van der Waals surface area contributed by atoms with Crippen molar-refractivity contribution < 1.29 is 22.7 Å². The Morgan fingerprint density at radius 1 is 1.08 bits per heavy atom. The number of anilines is 2. The van der Waals surface area contributed by atoms with Crippen LogP contribution in [0.25, 0.3) is 10.4 Å². The van der Waals surface area contributed by atoms with Gasteiger partial charge in [-0.15, -0.1) is 24.5 Å². The molecule has 1 heterocycles. The molecule has 0 aliphatic rings. The van der Waals surface area contributed by atoms with E-state index < -0.39 is 18.0 Å². The van der Waals surface area contributed by atoms with Gasteiger partial charge in [0.1, 0.15) is 5.75 Å². The number of carbonyl (C=O) groups excluding carboxylic acids is 1. The highest BCUT2D eigenvalue weighted by atomic mass is 32.1. The molecule has 3 aromatic rings. The van der Waals surface area contributed by atoms with E-state index >= 15 is 0 Å². The minimum Gasteiger partial charge on any atom is -0.406 e. The summed E-state index contributed by atoms with van der Waals surface area (Å²) < 4.78 is 40.3. The standard InChI is InChI=1S/C18H13F3N2O2S/c19-18(20,21)25-13-6-3-11(4-7-13)17(24)23-15-10-12(5-8-14(15)22)16-2-1-9-26-16/h1-10H,22H2,(H,23,24). The summed E-state index contributed by atoms with van der Waals surface area (Å²) in [5.74, 6) is -0.883. The van der Waals surface area contributed by atoms with Crippen molar-refractivity contribution in [1.82, 2.24) is 0 Å². The maximum Gasteiger partial charge on any atom is 0.573 e. The summed E-state index contributed by atoms with van der Waals surface area (Å²) in [4.78, 5) is 13.4. The van der Waals surface area contributed by atoms with Crippen molar-refractivity contribution in [3.63, 3.8) is 0 Å². The lowest BCUT2D eigenvalue weighted by Gasteiger charge is -2.11. The van der Waals surface area contributed by atoms with Gasteiger partial charge in [-0.1, -0.05) is 12.1 Å². The normalized spacial score (nSPS) is 11.2. The highest BCUT2D eigenvalue weighted by molar-refractivity contribution is 7.13. The second kappa shape index (κ2) is 7.09. The number of hydrogen-bond donors (Lipinski definition) is 2. The Morgan fingerprint density at radius 2 is 1.81 bits per heavy atom. The molecule has 0 aliphatic carbocycles. The van der Waals surface area contributed by atoms with E-state index in [-0.39, 0.29) is 5.56 Å². The van der Waals surface area contributed by atoms with Crippen molar-refractivity contribution in [1.29, 1.82) is 0 Å². The summed E-state index contributed by atoms with van der Waals surface area (Å²) in [5.41, 5.74) is 7.80. The van der Waals surface area contributed by atoms with Gasteiger partial charge in [-0.05, 0) is 53.4 Å².